The lowest BCUT2D eigenvalue weighted by atomic mass is 9.93. The molecule has 0 aromatic carbocycles. The third-order valence-corrected chi connectivity index (χ3v) is 4.14. The van der Waals surface area contributed by atoms with E-state index in [9.17, 15) is 5.11 Å². The number of halogens is 1. The molecule has 2 heterocycles. The molecule has 2 rings (SSSR count). The van der Waals surface area contributed by atoms with Crippen LogP contribution in [-0.4, -0.2) is 14.9 Å². The van der Waals surface area contributed by atoms with Crippen LogP contribution >= 0.6 is 15.9 Å². The molecular formula is C13H17BrN2O2. The van der Waals surface area contributed by atoms with E-state index >= 15 is 0 Å². The lowest BCUT2D eigenvalue weighted by Gasteiger charge is -2.22. The van der Waals surface area contributed by atoms with Crippen LogP contribution in [0.25, 0.3) is 0 Å². The second kappa shape index (κ2) is 4.90. The van der Waals surface area contributed by atoms with Crippen molar-refractivity contribution in [3.05, 3.63) is 40.0 Å². The van der Waals surface area contributed by atoms with Crippen molar-refractivity contribution in [2.75, 3.05) is 0 Å². The van der Waals surface area contributed by atoms with E-state index in [1.54, 1.807) is 25.5 Å². The number of hydrogen-bond acceptors (Lipinski definition) is 3. The summed E-state index contributed by atoms with van der Waals surface area (Å²) in [6, 6.07) is 1.79. The van der Waals surface area contributed by atoms with Gasteiger partial charge >= 0.3 is 0 Å². The van der Waals surface area contributed by atoms with Gasteiger partial charge in [-0.15, -0.1) is 0 Å². The van der Waals surface area contributed by atoms with Gasteiger partial charge in [0.15, 0.2) is 0 Å². The van der Waals surface area contributed by atoms with E-state index in [1.807, 2.05) is 18.5 Å². The minimum Gasteiger partial charge on any atom is -0.472 e. The zero-order valence-electron chi connectivity index (χ0n) is 10.8. The molecule has 1 N–H and O–H groups in total. The largest absolute Gasteiger partial charge is 0.472 e. The Balaban J connectivity index is 2.34. The Morgan fingerprint density at radius 3 is 2.83 bits per heavy atom. The quantitative estimate of drug-likeness (QED) is 0.944. The van der Waals surface area contributed by atoms with Crippen molar-refractivity contribution in [3.63, 3.8) is 0 Å². The molecule has 18 heavy (non-hydrogen) atoms. The summed E-state index contributed by atoms with van der Waals surface area (Å²) in [7, 11) is 0. The predicted octanol–water partition coefficient (Wildman–Crippen LogP) is 3.02. The molecule has 0 saturated heterocycles. The average Bonchev–Trinajstić information content (AvgIpc) is 2.93. The van der Waals surface area contributed by atoms with Crippen molar-refractivity contribution < 1.29 is 9.52 Å². The summed E-state index contributed by atoms with van der Waals surface area (Å²) >= 11 is 3.54. The highest BCUT2D eigenvalue weighted by Gasteiger charge is 2.28. The van der Waals surface area contributed by atoms with Gasteiger partial charge in [0.05, 0.1) is 34.0 Å². The van der Waals surface area contributed by atoms with Crippen molar-refractivity contribution >= 4 is 15.9 Å². The Labute approximate surface area is 115 Å². The molecule has 2 aromatic rings. The summed E-state index contributed by atoms with van der Waals surface area (Å²) in [6.45, 7) is 6.55. The van der Waals surface area contributed by atoms with Crippen LogP contribution in [0, 0.1) is 6.92 Å². The molecule has 0 aliphatic rings. The maximum atomic E-state index is 10.6. The average molecular weight is 313 g/mol. The zero-order chi connectivity index (χ0) is 13.3. The SMILES string of the molecule is CCn1nc(C)c(Br)c1CC(C)(O)c1ccoc1. The first kappa shape index (κ1) is 13.4. The monoisotopic (exact) mass is 312 g/mol. The first-order valence-corrected chi connectivity index (χ1v) is 6.72. The van der Waals surface area contributed by atoms with Gasteiger partial charge in [-0.3, -0.25) is 4.68 Å². The number of aliphatic hydroxyl groups is 1. The number of rotatable bonds is 4. The molecule has 0 aliphatic carbocycles. The highest BCUT2D eigenvalue weighted by Crippen LogP contribution is 2.30. The molecule has 0 saturated carbocycles. The highest BCUT2D eigenvalue weighted by molar-refractivity contribution is 9.10. The predicted molar refractivity (Wildman–Crippen MR) is 72.3 cm³/mol. The number of nitrogens with zero attached hydrogens (tertiary/aromatic N) is 2. The summed E-state index contributed by atoms with van der Waals surface area (Å²) in [5, 5.41) is 15.0. The summed E-state index contributed by atoms with van der Waals surface area (Å²) in [4.78, 5) is 0. The van der Waals surface area contributed by atoms with Crippen LogP contribution < -0.4 is 0 Å². The van der Waals surface area contributed by atoms with Gasteiger partial charge in [-0.1, -0.05) is 0 Å². The highest BCUT2D eigenvalue weighted by atomic mass is 79.9. The number of furan rings is 1. The van der Waals surface area contributed by atoms with E-state index in [2.05, 4.69) is 21.0 Å². The molecule has 5 heteroatoms. The number of hydrogen-bond donors (Lipinski definition) is 1. The van der Waals surface area contributed by atoms with Gasteiger partial charge in [0, 0.05) is 18.5 Å². The number of aromatic nitrogens is 2. The van der Waals surface area contributed by atoms with Crippen molar-refractivity contribution in [1.82, 2.24) is 9.78 Å². The third-order valence-electron chi connectivity index (χ3n) is 3.11. The Morgan fingerprint density at radius 1 is 1.56 bits per heavy atom. The lowest BCUT2D eigenvalue weighted by molar-refractivity contribution is 0.0546. The minimum absolute atomic E-state index is 0.488. The normalized spacial score (nSPS) is 14.7. The second-order valence-electron chi connectivity index (χ2n) is 4.62. The van der Waals surface area contributed by atoms with Gasteiger partial charge in [-0.25, -0.2) is 0 Å². The van der Waals surface area contributed by atoms with Crippen LogP contribution in [0.15, 0.2) is 27.5 Å². The Hall–Kier alpha value is -1.07. The fourth-order valence-electron chi connectivity index (χ4n) is 2.04. The molecule has 1 atom stereocenters. The molecule has 0 radical (unpaired) electrons. The van der Waals surface area contributed by atoms with Gasteiger partial charge < -0.3 is 9.52 Å². The van der Waals surface area contributed by atoms with Crippen molar-refractivity contribution in [2.45, 2.75) is 39.3 Å². The molecule has 0 spiro atoms. The maximum absolute atomic E-state index is 10.6. The Morgan fingerprint density at radius 2 is 2.28 bits per heavy atom. The first-order chi connectivity index (χ1) is 8.45. The zero-order valence-corrected chi connectivity index (χ0v) is 12.4. The fourth-order valence-corrected chi connectivity index (χ4v) is 2.46. The van der Waals surface area contributed by atoms with E-state index in [0.29, 0.717) is 6.42 Å². The van der Waals surface area contributed by atoms with E-state index in [1.165, 1.54) is 0 Å². The molecule has 0 amide bonds. The van der Waals surface area contributed by atoms with Crippen LogP contribution in [-0.2, 0) is 18.6 Å². The fraction of sp³-hybridized carbons (Fsp3) is 0.462. The Bertz CT molecular complexity index is 529. The summed E-state index contributed by atoms with van der Waals surface area (Å²) in [5.41, 5.74) is 1.75. The minimum atomic E-state index is -0.963. The van der Waals surface area contributed by atoms with Crippen LogP contribution in [0.4, 0.5) is 0 Å². The molecule has 0 aliphatic heterocycles. The molecule has 0 bridgehead atoms. The summed E-state index contributed by atoms with van der Waals surface area (Å²) in [5.74, 6) is 0. The number of aryl methyl sites for hydroxylation is 2. The lowest BCUT2D eigenvalue weighted by Crippen LogP contribution is -2.25. The molecule has 1 unspecified atom stereocenters. The Kier molecular flexibility index (Phi) is 3.64. The van der Waals surface area contributed by atoms with Gasteiger partial charge in [-0.05, 0) is 42.8 Å². The van der Waals surface area contributed by atoms with Gasteiger partial charge in [0.1, 0.15) is 0 Å². The van der Waals surface area contributed by atoms with E-state index in [4.69, 9.17) is 4.42 Å². The van der Waals surface area contributed by atoms with Crippen LogP contribution in [0.3, 0.4) is 0 Å². The maximum Gasteiger partial charge on any atom is 0.0963 e. The van der Waals surface area contributed by atoms with Gasteiger partial charge in [-0.2, -0.15) is 5.10 Å². The molecule has 0 fully saturated rings. The van der Waals surface area contributed by atoms with Crippen LogP contribution in [0.1, 0.15) is 30.8 Å². The topological polar surface area (TPSA) is 51.2 Å². The van der Waals surface area contributed by atoms with Crippen LogP contribution in [0.5, 0.6) is 0 Å². The smallest absolute Gasteiger partial charge is 0.0963 e. The van der Waals surface area contributed by atoms with Gasteiger partial charge in [0.2, 0.25) is 0 Å². The van der Waals surface area contributed by atoms with E-state index < -0.39 is 5.60 Å². The molecule has 4 nitrogen and oxygen atoms in total. The standard InChI is InChI=1S/C13H17BrN2O2/c1-4-16-11(12(14)9(2)15-16)7-13(3,17)10-5-6-18-8-10/h5-6,8,17H,4,7H2,1-3H3. The van der Waals surface area contributed by atoms with Crippen LogP contribution in [0.2, 0.25) is 0 Å². The summed E-state index contributed by atoms with van der Waals surface area (Å²) in [6.07, 6.45) is 3.64. The van der Waals surface area contributed by atoms with E-state index in [0.717, 1.165) is 28.0 Å². The van der Waals surface area contributed by atoms with E-state index in [-0.39, 0.29) is 0 Å². The van der Waals surface area contributed by atoms with Gasteiger partial charge in [0.25, 0.3) is 0 Å². The molecule has 2 aromatic heterocycles. The summed E-state index contributed by atoms with van der Waals surface area (Å²) < 4.78 is 7.91. The molecule has 98 valence electrons. The van der Waals surface area contributed by atoms with Crippen molar-refractivity contribution in [1.29, 1.82) is 0 Å². The van der Waals surface area contributed by atoms with Crippen molar-refractivity contribution in [2.24, 2.45) is 0 Å². The third kappa shape index (κ3) is 2.37. The second-order valence-corrected chi connectivity index (χ2v) is 5.42. The molecular weight excluding hydrogens is 296 g/mol. The first-order valence-electron chi connectivity index (χ1n) is 5.92. The van der Waals surface area contributed by atoms with Crippen molar-refractivity contribution in [3.8, 4) is 0 Å².